The van der Waals surface area contributed by atoms with Gasteiger partial charge in [0, 0.05) is 22.0 Å². The molecule has 0 bridgehead atoms. The summed E-state index contributed by atoms with van der Waals surface area (Å²) in [5.41, 5.74) is 2.79. The van der Waals surface area contributed by atoms with Crippen LogP contribution in [-0.4, -0.2) is 11.1 Å². The second-order valence-electron chi connectivity index (χ2n) is 4.81. The maximum absolute atomic E-state index is 12.0. The van der Waals surface area contributed by atoms with Crippen LogP contribution in [0.15, 0.2) is 42.5 Å². The van der Waals surface area contributed by atoms with E-state index in [2.05, 4.69) is 10.6 Å². The van der Waals surface area contributed by atoms with E-state index >= 15 is 0 Å². The Kier molecular flexibility index (Phi) is 4.83. The van der Waals surface area contributed by atoms with Crippen LogP contribution >= 0.6 is 11.6 Å². The van der Waals surface area contributed by atoms with Gasteiger partial charge < -0.3 is 15.7 Å². The predicted octanol–water partition coefficient (Wildman–Crippen LogP) is 4.35. The first-order valence-electron chi connectivity index (χ1n) is 6.58. The van der Waals surface area contributed by atoms with Crippen molar-refractivity contribution in [2.45, 2.75) is 20.0 Å². The lowest BCUT2D eigenvalue weighted by Crippen LogP contribution is -2.20. The minimum atomic E-state index is -0.657. The van der Waals surface area contributed by atoms with Crippen LogP contribution in [0.5, 0.6) is 0 Å². The monoisotopic (exact) mass is 304 g/mol. The molecule has 0 saturated carbocycles. The van der Waals surface area contributed by atoms with Crippen molar-refractivity contribution in [1.29, 1.82) is 0 Å². The summed E-state index contributed by atoms with van der Waals surface area (Å²) in [7, 11) is 0. The van der Waals surface area contributed by atoms with Crippen LogP contribution in [0.2, 0.25) is 5.02 Å². The van der Waals surface area contributed by atoms with Gasteiger partial charge in [0.1, 0.15) is 0 Å². The zero-order valence-corrected chi connectivity index (χ0v) is 12.6. The Bertz CT molecular complexity index is 656. The molecule has 2 aromatic rings. The van der Waals surface area contributed by atoms with Crippen molar-refractivity contribution in [1.82, 2.24) is 0 Å². The number of hydrogen-bond donors (Lipinski definition) is 3. The fraction of sp³-hybridized carbons (Fsp3) is 0.188. The number of carbonyl (C=O) groups is 1. The predicted molar refractivity (Wildman–Crippen MR) is 85.9 cm³/mol. The van der Waals surface area contributed by atoms with Crippen molar-refractivity contribution in [2.24, 2.45) is 0 Å². The molecule has 2 amide bonds. The highest BCUT2D eigenvalue weighted by Gasteiger charge is 2.10. The Labute approximate surface area is 128 Å². The van der Waals surface area contributed by atoms with Gasteiger partial charge in [0.15, 0.2) is 0 Å². The standard InChI is InChI=1S/C16H17ClN2O2/c1-10-7-8-12(9-14(10)17)18-16(21)19-15-6-4-3-5-13(15)11(2)20/h3-9,11,20H,1-2H3,(H2,18,19,21). The number of aryl methyl sites for hydroxylation is 1. The molecule has 21 heavy (non-hydrogen) atoms. The summed E-state index contributed by atoms with van der Waals surface area (Å²) < 4.78 is 0. The summed E-state index contributed by atoms with van der Waals surface area (Å²) in [5, 5.41) is 15.7. The first-order chi connectivity index (χ1) is 9.97. The number of anilines is 2. The van der Waals surface area contributed by atoms with Gasteiger partial charge in [0.25, 0.3) is 0 Å². The highest BCUT2D eigenvalue weighted by molar-refractivity contribution is 6.31. The van der Waals surface area contributed by atoms with Gasteiger partial charge in [-0.15, -0.1) is 0 Å². The van der Waals surface area contributed by atoms with Crippen LogP contribution < -0.4 is 10.6 Å². The van der Waals surface area contributed by atoms with Gasteiger partial charge in [-0.05, 0) is 37.6 Å². The zero-order chi connectivity index (χ0) is 15.4. The lowest BCUT2D eigenvalue weighted by molar-refractivity contribution is 0.200. The second-order valence-corrected chi connectivity index (χ2v) is 5.21. The third-order valence-electron chi connectivity index (χ3n) is 3.09. The number of aliphatic hydroxyl groups excluding tert-OH is 1. The van der Waals surface area contributed by atoms with Gasteiger partial charge >= 0.3 is 6.03 Å². The van der Waals surface area contributed by atoms with E-state index in [-0.39, 0.29) is 6.03 Å². The molecule has 0 aliphatic heterocycles. The van der Waals surface area contributed by atoms with E-state index in [1.807, 2.05) is 19.1 Å². The van der Waals surface area contributed by atoms with Crippen molar-refractivity contribution < 1.29 is 9.90 Å². The zero-order valence-electron chi connectivity index (χ0n) is 11.9. The molecule has 0 aromatic heterocycles. The third kappa shape index (κ3) is 3.97. The second kappa shape index (κ2) is 6.61. The molecule has 0 heterocycles. The summed E-state index contributed by atoms with van der Waals surface area (Å²) >= 11 is 6.02. The first kappa shape index (κ1) is 15.4. The SMILES string of the molecule is Cc1ccc(NC(=O)Nc2ccccc2C(C)O)cc1Cl. The number of urea groups is 1. The van der Waals surface area contributed by atoms with E-state index in [0.29, 0.717) is 22.0 Å². The number of aliphatic hydroxyl groups is 1. The van der Waals surface area contributed by atoms with E-state index in [0.717, 1.165) is 5.56 Å². The van der Waals surface area contributed by atoms with Gasteiger partial charge in [-0.2, -0.15) is 0 Å². The van der Waals surface area contributed by atoms with E-state index < -0.39 is 6.10 Å². The quantitative estimate of drug-likeness (QED) is 0.789. The number of rotatable bonds is 3. The molecule has 0 aliphatic rings. The molecule has 0 fully saturated rings. The molecule has 0 saturated heterocycles. The summed E-state index contributed by atoms with van der Waals surface area (Å²) in [4.78, 5) is 12.0. The highest BCUT2D eigenvalue weighted by Crippen LogP contribution is 2.23. The summed E-state index contributed by atoms with van der Waals surface area (Å²) in [5.74, 6) is 0. The number of halogens is 1. The number of amides is 2. The van der Waals surface area contributed by atoms with Gasteiger partial charge in [-0.25, -0.2) is 4.79 Å². The molecule has 4 nitrogen and oxygen atoms in total. The van der Waals surface area contributed by atoms with Crippen molar-refractivity contribution in [3.63, 3.8) is 0 Å². The van der Waals surface area contributed by atoms with Gasteiger partial charge in [0.05, 0.1) is 6.10 Å². The molecule has 1 unspecified atom stereocenters. The molecule has 5 heteroatoms. The van der Waals surface area contributed by atoms with E-state index in [9.17, 15) is 9.90 Å². The van der Waals surface area contributed by atoms with Crippen LogP contribution in [0, 0.1) is 6.92 Å². The Balaban J connectivity index is 2.10. The maximum Gasteiger partial charge on any atom is 0.323 e. The number of benzene rings is 2. The largest absolute Gasteiger partial charge is 0.389 e. The average Bonchev–Trinajstić information content (AvgIpc) is 2.43. The van der Waals surface area contributed by atoms with Crippen molar-refractivity contribution in [2.75, 3.05) is 10.6 Å². The molecular weight excluding hydrogens is 288 g/mol. The molecule has 1 atom stereocenters. The molecule has 2 aromatic carbocycles. The number of hydrogen-bond acceptors (Lipinski definition) is 2. The Morgan fingerprint density at radius 2 is 1.90 bits per heavy atom. The fourth-order valence-corrected chi connectivity index (χ4v) is 2.11. The van der Waals surface area contributed by atoms with Crippen LogP contribution in [0.4, 0.5) is 16.2 Å². The molecule has 0 radical (unpaired) electrons. The first-order valence-corrected chi connectivity index (χ1v) is 6.96. The van der Waals surface area contributed by atoms with Crippen LogP contribution in [0.1, 0.15) is 24.2 Å². The molecule has 3 N–H and O–H groups in total. The van der Waals surface area contributed by atoms with E-state index in [1.165, 1.54) is 0 Å². The lowest BCUT2D eigenvalue weighted by atomic mass is 10.1. The molecule has 2 rings (SSSR count). The fourth-order valence-electron chi connectivity index (χ4n) is 1.93. The maximum atomic E-state index is 12.0. The topological polar surface area (TPSA) is 61.4 Å². The Hall–Kier alpha value is -2.04. The third-order valence-corrected chi connectivity index (χ3v) is 3.50. The van der Waals surface area contributed by atoms with E-state index in [4.69, 9.17) is 11.6 Å². The molecule has 0 aliphatic carbocycles. The molecule has 0 spiro atoms. The summed E-state index contributed by atoms with van der Waals surface area (Å²) in [6.07, 6.45) is -0.657. The lowest BCUT2D eigenvalue weighted by Gasteiger charge is -2.14. The summed E-state index contributed by atoms with van der Waals surface area (Å²) in [6.45, 7) is 3.54. The normalized spacial score (nSPS) is 11.8. The average molecular weight is 305 g/mol. The minimum absolute atomic E-state index is 0.386. The van der Waals surface area contributed by atoms with Gasteiger partial charge in [-0.1, -0.05) is 35.9 Å². The van der Waals surface area contributed by atoms with Crippen LogP contribution in [0.25, 0.3) is 0 Å². The Morgan fingerprint density at radius 1 is 1.19 bits per heavy atom. The summed E-state index contributed by atoms with van der Waals surface area (Å²) in [6, 6.07) is 12.0. The number of carbonyl (C=O) groups excluding carboxylic acids is 1. The smallest absolute Gasteiger partial charge is 0.323 e. The number of para-hydroxylation sites is 1. The van der Waals surface area contributed by atoms with Gasteiger partial charge in [0.2, 0.25) is 0 Å². The van der Waals surface area contributed by atoms with E-state index in [1.54, 1.807) is 37.3 Å². The van der Waals surface area contributed by atoms with Crippen molar-refractivity contribution >= 4 is 29.0 Å². The highest BCUT2D eigenvalue weighted by atomic mass is 35.5. The van der Waals surface area contributed by atoms with Crippen LogP contribution in [0.3, 0.4) is 0 Å². The minimum Gasteiger partial charge on any atom is -0.389 e. The van der Waals surface area contributed by atoms with Crippen molar-refractivity contribution in [3.05, 3.63) is 58.6 Å². The van der Waals surface area contributed by atoms with Crippen molar-refractivity contribution in [3.8, 4) is 0 Å². The van der Waals surface area contributed by atoms with Gasteiger partial charge in [-0.3, -0.25) is 0 Å². The number of nitrogens with one attached hydrogen (secondary N) is 2. The molecule has 110 valence electrons. The Morgan fingerprint density at radius 3 is 2.57 bits per heavy atom. The molecular formula is C16H17ClN2O2. The van der Waals surface area contributed by atoms with Crippen LogP contribution in [-0.2, 0) is 0 Å².